The Kier molecular flexibility index (Phi) is 3.81. The maximum absolute atomic E-state index is 11.9. The van der Waals surface area contributed by atoms with E-state index in [0.29, 0.717) is 29.1 Å². The van der Waals surface area contributed by atoms with Crippen molar-refractivity contribution in [3.8, 4) is 0 Å². The van der Waals surface area contributed by atoms with E-state index in [1.54, 1.807) is 12.4 Å². The van der Waals surface area contributed by atoms with Crippen molar-refractivity contribution in [3.05, 3.63) is 36.3 Å². The van der Waals surface area contributed by atoms with Gasteiger partial charge in [-0.25, -0.2) is 4.98 Å². The molecule has 2 saturated heterocycles. The van der Waals surface area contributed by atoms with E-state index >= 15 is 0 Å². The van der Waals surface area contributed by atoms with Gasteiger partial charge >= 0.3 is 0 Å². The summed E-state index contributed by atoms with van der Waals surface area (Å²) in [7, 11) is 0. The van der Waals surface area contributed by atoms with Crippen molar-refractivity contribution in [2.75, 3.05) is 16.0 Å². The minimum absolute atomic E-state index is 0.182. The highest BCUT2D eigenvalue weighted by atomic mass is 16.1. The molecule has 1 amide bonds. The van der Waals surface area contributed by atoms with Gasteiger partial charge in [-0.1, -0.05) is 0 Å². The molecule has 3 aromatic rings. The molecule has 2 fully saturated rings. The molecule has 2 aliphatic heterocycles. The van der Waals surface area contributed by atoms with E-state index in [1.165, 1.54) is 0 Å². The van der Waals surface area contributed by atoms with Gasteiger partial charge in [-0.3, -0.25) is 4.79 Å². The Hall–Kier alpha value is -3.36. The standard InChI is InChI=1S/C19H22N8O/c20-10-1-4-15(23-9-10)27-12-2-3-13(27)8-11(7-12)24-16-14-5-6-22-19(14)26-25-17(16)18(21)28/h1,4-6,9,11-13H,2-3,7-8,20H2,(H2,21,28)(H2,22,24,26)/t11-,12-,13+. The number of carbonyl (C=O) groups excluding carboxylic acids is 1. The first-order valence-electron chi connectivity index (χ1n) is 9.50. The average molecular weight is 378 g/mol. The molecule has 3 aromatic heterocycles. The van der Waals surface area contributed by atoms with Crippen LogP contribution in [0.5, 0.6) is 0 Å². The molecule has 6 N–H and O–H groups in total. The first-order valence-corrected chi connectivity index (χ1v) is 9.50. The fourth-order valence-electron chi connectivity index (χ4n) is 4.66. The number of carbonyl (C=O) groups is 1. The summed E-state index contributed by atoms with van der Waals surface area (Å²) < 4.78 is 0. The molecule has 9 nitrogen and oxygen atoms in total. The Bertz CT molecular complexity index is 1020. The minimum Gasteiger partial charge on any atom is -0.397 e. The number of nitrogens with zero attached hydrogens (tertiary/aromatic N) is 4. The number of piperidine rings is 1. The highest BCUT2D eigenvalue weighted by molar-refractivity contribution is 6.04. The normalized spacial score (nSPS) is 23.9. The van der Waals surface area contributed by atoms with E-state index in [2.05, 4.69) is 30.4 Å². The molecule has 2 aliphatic rings. The van der Waals surface area contributed by atoms with E-state index in [1.807, 2.05) is 18.2 Å². The molecule has 0 saturated carbocycles. The summed E-state index contributed by atoms with van der Waals surface area (Å²) in [6.45, 7) is 0. The van der Waals surface area contributed by atoms with E-state index in [0.717, 1.165) is 36.9 Å². The van der Waals surface area contributed by atoms with Crippen LogP contribution in [0.2, 0.25) is 0 Å². The zero-order valence-corrected chi connectivity index (χ0v) is 15.3. The molecule has 2 bridgehead atoms. The van der Waals surface area contributed by atoms with E-state index in [4.69, 9.17) is 11.5 Å². The van der Waals surface area contributed by atoms with Crippen LogP contribution >= 0.6 is 0 Å². The lowest BCUT2D eigenvalue weighted by Gasteiger charge is -2.40. The Balaban J connectivity index is 1.41. The molecule has 5 heterocycles. The molecule has 9 heteroatoms. The summed E-state index contributed by atoms with van der Waals surface area (Å²) in [6, 6.07) is 6.82. The molecular weight excluding hydrogens is 356 g/mol. The summed E-state index contributed by atoms with van der Waals surface area (Å²) in [4.78, 5) is 21.9. The van der Waals surface area contributed by atoms with E-state index in [9.17, 15) is 4.79 Å². The molecule has 0 radical (unpaired) electrons. The minimum atomic E-state index is -0.579. The number of nitrogens with one attached hydrogen (secondary N) is 2. The highest BCUT2D eigenvalue weighted by Gasteiger charge is 2.41. The second kappa shape index (κ2) is 6.36. The third-order valence-corrected chi connectivity index (χ3v) is 5.83. The van der Waals surface area contributed by atoms with Gasteiger partial charge < -0.3 is 26.7 Å². The van der Waals surface area contributed by atoms with Crippen LogP contribution in [0.25, 0.3) is 11.0 Å². The van der Waals surface area contributed by atoms with Crippen molar-refractivity contribution in [1.29, 1.82) is 0 Å². The second-order valence-electron chi connectivity index (χ2n) is 7.58. The molecule has 0 spiro atoms. The Morgan fingerprint density at radius 1 is 1.18 bits per heavy atom. The predicted molar refractivity (Wildman–Crippen MR) is 107 cm³/mol. The van der Waals surface area contributed by atoms with Crippen molar-refractivity contribution in [2.45, 2.75) is 43.8 Å². The predicted octanol–water partition coefficient (Wildman–Crippen LogP) is 1.65. The molecule has 5 rings (SSSR count). The number of fused-ring (bicyclic) bond motifs is 3. The van der Waals surface area contributed by atoms with Crippen LogP contribution in [0.3, 0.4) is 0 Å². The molecular formula is C19H22N8O. The van der Waals surface area contributed by atoms with Crippen LogP contribution in [0.1, 0.15) is 36.2 Å². The number of nitrogens with two attached hydrogens (primary N) is 2. The summed E-state index contributed by atoms with van der Waals surface area (Å²) in [6.07, 6.45) is 7.67. The number of H-pyrrole nitrogens is 1. The number of rotatable bonds is 4. The molecule has 0 aromatic carbocycles. The number of hydrogen-bond acceptors (Lipinski definition) is 7. The van der Waals surface area contributed by atoms with Gasteiger partial charge in [-0.05, 0) is 43.9 Å². The van der Waals surface area contributed by atoms with Crippen LogP contribution in [0, 0.1) is 0 Å². The number of amides is 1. The number of aromatic amines is 1. The summed E-state index contributed by atoms with van der Waals surface area (Å²) >= 11 is 0. The average Bonchev–Trinajstić information content (AvgIpc) is 3.25. The van der Waals surface area contributed by atoms with Gasteiger partial charge in [0.2, 0.25) is 0 Å². The molecule has 0 aliphatic carbocycles. The topological polar surface area (TPSA) is 139 Å². The van der Waals surface area contributed by atoms with Gasteiger partial charge in [-0.2, -0.15) is 0 Å². The Morgan fingerprint density at radius 3 is 2.64 bits per heavy atom. The van der Waals surface area contributed by atoms with Crippen molar-refractivity contribution in [3.63, 3.8) is 0 Å². The monoisotopic (exact) mass is 378 g/mol. The van der Waals surface area contributed by atoms with Gasteiger partial charge in [0, 0.05) is 29.7 Å². The third kappa shape index (κ3) is 2.70. The molecule has 0 unspecified atom stereocenters. The zero-order chi connectivity index (χ0) is 19.3. The molecule has 28 heavy (non-hydrogen) atoms. The fourth-order valence-corrected chi connectivity index (χ4v) is 4.66. The van der Waals surface area contributed by atoms with Gasteiger partial charge in [0.05, 0.1) is 17.6 Å². The quantitative estimate of drug-likeness (QED) is 0.541. The van der Waals surface area contributed by atoms with Gasteiger partial charge in [0.15, 0.2) is 11.3 Å². The fraction of sp³-hybridized carbons (Fsp3) is 0.368. The number of pyridine rings is 1. The summed E-state index contributed by atoms with van der Waals surface area (Å²) in [5.41, 5.74) is 13.5. The third-order valence-electron chi connectivity index (χ3n) is 5.83. The van der Waals surface area contributed by atoms with Crippen LogP contribution in [-0.2, 0) is 0 Å². The zero-order valence-electron chi connectivity index (χ0n) is 15.3. The molecule has 3 atom stereocenters. The summed E-state index contributed by atoms with van der Waals surface area (Å²) in [5.74, 6) is 0.404. The van der Waals surface area contributed by atoms with E-state index in [-0.39, 0.29) is 11.7 Å². The lowest BCUT2D eigenvalue weighted by molar-refractivity contribution is 0.0995. The lowest BCUT2D eigenvalue weighted by Crippen LogP contribution is -2.47. The van der Waals surface area contributed by atoms with Crippen LogP contribution < -0.4 is 21.7 Å². The maximum atomic E-state index is 11.9. The lowest BCUT2D eigenvalue weighted by atomic mass is 9.96. The van der Waals surface area contributed by atoms with Gasteiger partial charge in [0.1, 0.15) is 5.82 Å². The molecule has 144 valence electrons. The van der Waals surface area contributed by atoms with Crippen LogP contribution in [0.15, 0.2) is 30.6 Å². The smallest absolute Gasteiger partial charge is 0.271 e. The van der Waals surface area contributed by atoms with Gasteiger partial charge in [-0.15, -0.1) is 10.2 Å². The van der Waals surface area contributed by atoms with Crippen molar-refractivity contribution < 1.29 is 4.79 Å². The van der Waals surface area contributed by atoms with Crippen molar-refractivity contribution in [1.82, 2.24) is 20.2 Å². The van der Waals surface area contributed by atoms with Gasteiger partial charge in [0.25, 0.3) is 5.91 Å². The largest absolute Gasteiger partial charge is 0.397 e. The van der Waals surface area contributed by atoms with Crippen molar-refractivity contribution >= 4 is 34.1 Å². The SMILES string of the molecule is NC(=O)c1nnc2[nH]ccc2c1N[C@@H]1C[C@H]2CC[C@@H](C1)N2c1ccc(N)cn1. The number of hydrogen-bond donors (Lipinski definition) is 4. The highest BCUT2D eigenvalue weighted by Crippen LogP contribution is 2.40. The van der Waals surface area contributed by atoms with Crippen molar-refractivity contribution in [2.24, 2.45) is 5.73 Å². The number of primary amides is 1. The number of nitrogen functional groups attached to an aromatic ring is 1. The Morgan fingerprint density at radius 2 is 1.96 bits per heavy atom. The first-order chi connectivity index (χ1) is 13.6. The maximum Gasteiger partial charge on any atom is 0.271 e. The van der Waals surface area contributed by atoms with Crippen LogP contribution in [-0.4, -0.2) is 44.2 Å². The Labute approximate surface area is 161 Å². The summed E-state index contributed by atoms with van der Waals surface area (Å²) in [5, 5.41) is 12.4. The number of aromatic nitrogens is 4. The van der Waals surface area contributed by atoms with E-state index < -0.39 is 5.91 Å². The van der Waals surface area contributed by atoms with Crippen LogP contribution in [0.4, 0.5) is 17.2 Å². The second-order valence-corrected chi connectivity index (χ2v) is 7.58. The first kappa shape index (κ1) is 16.8. The number of anilines is 3.